The molecule has 0 aliphatic heterocycles. The number of benzene rings is 2. The lowest BCUT2D eigenvalue weighted by molar-refractivity contribution is 0.160. The fourth-order valence-corrected chi connectivity index (χ4v) is 2.88. The Balaban J connectivity index is 2.04. The zero-order valence-corrected chi connectivity index (χ0v) is 15.2. The molecule has 0 saturated heterocycles. The predicted molar refractivity (Wildman–Crippen MR) is 101 cm³/mol. The Bertz CT molecular complexity index is 587. The number of likely N-dealkylation sites (N-methyl/N-ethyl adjacent to an activating group) is 1. The van der Waals surface area contributed by atoms with Crippen LogP contribution in [0.3, 0.4) is 0 Å². The minimum atomic E-state index is 0.168. The van der Waals surface area contributed by atoms with Gasteiger partial charge in [-0.2, -0.15) is 0 Å². The molecule has 0 N–H and O–H groups in total. The van der Waals surface area contributed by atoms with Crippen LogP contribution in [0.2, 0.25) is 0 Å². The molecule has 0 radical (unpaired) electrons. The molecule has 2 rings (SSSR count). The van der Waals surface area contributed by atoms with E-state index in [-0.39, 0.29) is 5.54 Å². The lowest BCUT2D eigenvalue weighted by atomic mass is 9.86. The Morgan fingerprint density at radius 2 is 1.39 bits per heavy atom. The van der Waals surface area contributed by atoms with Gasteiger partial charge in [0.2, 0.25) is 0 Å². The summed E-state index contributed by atoms with van der Waals surface area (Å²) in [5.41, 5.74) is 4.25. The third-order valence-corrected chi connectivity index (χ3v) is 4.91. The zero-order valence-electron chi connectivity index (χ0n) is 15.2. The average Bonchev–Trinajstić information content (AvgIpc) is 2.54. The molecule has 124 valence electrons. The summed E-state index contributed by atoms with van der Waals surface area (Å²) in [5.74, 6) is 0. The molecule has 1 unspecified atom stereocenters. The van der Waals surface area contributed by atoms with Crippen LogP contribution < -0.4 is 4.90 Å². The summed E-state index contributed by atoms with van der Waals surface area (Å²) in [6.07, 6.45) is 3.34. The van der Waals surface area contributed by atoms with Crippen molar-refractivity contribution in [2.45, 2.75) is 31.7 Å². The molecule has 2 nitrogen and oxygen atoms in total. The van der Waals surface area contributed by atoms with E-state index in [1.54, 1.807) is 0 Å². The minimum Gasteiger partial charge on any atom is -0.378 e. The maximum Gasteiger partial charge on any atom is 0.0361 e. The number of rotatable bonds is 7. The normalized spacial score (nSPS) is 13.8. The Hall–Kier alpha value is -1.80. The van der Waals surface area contributed by atoms with Crippen LogP contribution in [-0.4, -0.2) is 38.6 Å². The van der Waals surface area contributed by atoms with E-state index in [4.69, 9.17) is 0 Å². The van der Waals surface area contributed by atoms with Crippen molar-refractivity contribution < 1.29 is 0 Å². The second kappa shape index (κ2) is 7.65. The van der Waals surface area contributed by atoms with Crippen molar-refractivity contribution in [2.24, 2.45) is 0 Å². The molecule has 2 aromatic carbocycles. The van der Waals surface area contributed by atoms with Crippen LogP contribution in [0.25, 0.3) is 0 Å². The molecule has 0 aliphatic carbocycles. The average molecular weight is 310 g/mol. The smallest absolute Gasteiger partial charge is 0.0361 e. The minimum absolute atomic E-state index is 0.168. The van der Waals surface area contributed by atoms with Gasteiger partial charge in [-0.1, -0.05) is 42.5 Å². The summed E-state index contributed by atoms with van der Waals surface area (Å²) in [5, 5.41) is 0. The standard InChI is InChI=1S/C21H30N2/c1-21(23(4)5,17-19-9-7-6-8-10-19)16-15-18-11-13-20(14-12-18)22(2)3/h6-14H,15-17H2,1-5H3. The van der Waals surface area contributed by atoms with Crippen LogP contribution in [0.1, 0.15) is 24.5 Å². The lowest BCUT2D eigenvalue weighted by Gasteiger charge is -2.37. The molecular weight excluding hydrogens is 280 g/mol. The predicted octanol–water partition coefficient (Wildman–Crippen LogP) is 4.25. The van der Waals surface area contributed by atoms with Gasteiger partial charge in [-0.3, -0.25) is 0 Å². The second-order valence-corrected chi connectivity index (χ2v) is 7.11. The number of hydrogen-bond acceptors (Lipinski definition) is 2. The molecule has 0 spiro atoms. The molecule has 23 heavy (non-hydrogen) atoms. The van der Waals surface area contributed by atoms with Crippen molar-refractivity contribution in [2.75, 3.05) is 33.1 Å². The van der Waals surface area contributed by atoms with E-state index in [1.165, 1.54) is 16.8 Å². The molecule has 2 heteroatoms. The molecule has 0 aliphatic rings. The fourth-order valence-electron chi connectivity index (χ4n) is 2.88. The van der Waals surface area contributed by atoms with Gasteiger partial charge < -0.3 is 9.80 Å². The van der Waals surface area contributed by atoms with Crippen molar-refractivity contribution in [3.63, 3.8) is 0 Å². The Kier molecular flexibility index (Phi) is 5.84. The summed E-state index contributed by atoms with van der Waals surface area (Å²) >= 11 is 0. The maximum absolute atomic E-state index is 2.37. The summed E-state index contributed by atoms with van der Waals surface area (Å²) < 4.78 is 0. The maximum atomic E-state index is 2.37. The summed E-state index contributed by atoms with van der Waals surface area (Å²) in [4.78, 5) is 4.51. The van der Waals surface area contributed by atoms with E-state index in [0.29, 0.717) is 0 Å². The van der Waals surface area contributed by atoms with Crippen LogP contribution in [-0.2, 0) is 12.8 Å². The summed E-state index contributed by atoms with van der Waals surface area (Å²) in [7, 11) is 8.55. The Morgan fingerprint density at radius 3 is 1.91 bits per heavy atom. The highest BCUT2D eigenvalue weighted by Gasteiger charge is 2.26. The molecule has 0 heterocycles. The van der Waals surface area contributed by atoms with E-state index in [0.717, 1.165) is 19.3 Å². The van der Waals surface area contributed by atoms with Crippen LogP contribution in [0, 0.1) is 0 Å². The molecule has 0 bridgehead atoms. The largest absolute Gasteiger partial charge is 0.378 e. The number of hydrogen-bond donors (Lipinski definition) is 0. The van der Waals surface area contributed by atoms with Gasteiger partial charge in [0.25, 0.3) is 0 Å². The van der Waals surface area contributed by atoms with Gasteiger partial charge in [-0.05, 0) is 63.5 Å². The van der Waals surface area contributed by atoms with Gasteiger partial charge in [0.1, 0.15) is 0 Å². The highest BCUT2D eigenvalue weighted by atomic mass is 15.1. The van der Waals surface area contributed by atoms with Crippen LogP contribution in [0.15, 0.2) is 54.6 Å². The van der Waals surface area contributed by atoms with Crippen molar-refractivity contribution in [1.29, 1.82) is 0 Å². The topological polar surface area (TPSA) is 6.48 Å². The first-order valence-electron chi connectivity index (χ1n) is 8.38. The van der Waals surface area contributed by atoms with Gasteiger partial charge in [0, 0.05) is 25.3 Å². The van der Waals surface area contributed by atoms with Gasteiger partial charge >= 0.3 is 0 Å². The van der Waals surface area contributed by atoms with Crippen LogP contribution >= 0.6 is 0 Å². The second-order valence-electron chi connectivity index (χ2n) is 7.11. The van der Waals surface area contributed by atoms with Crippen LogP contribution in [0.4, 0.5) is 5.69 Å². The van der Waals surface area contributed by atoms with E-state index in [9.17, 15) is 0 Å². The van der Waals surface area contributed by atoms with Gasteiger partial charge in [-0.25, -0.2) is 0 Å². The van der Waals surface area contributed by atoms with Gasteiger partial charge in [0.05, 0.1) is 0 Å². The van der Waals surface area contributed by atoms with E-state index in [2.05, 4.69) is 99.5 Å². The van der Waals surface area contributed by atoms with Crippen molar-refractivity contribution in [1.82, 2.24) is 4.90 Å². The molecule has 0 fully saturated rings. The van der Waals surface area contributed by atoms with E-state index in [1.807, 2.05) is 0 Å². The molecule has 0 saturated carbocycles. The molecule has 0 aromatic heterocycles. The first kappa shape index (κ1) is 17.6. The quantitative estimate of drug-likeness (QED) is 0.754. The van der Waals surface area contributed by atoms with Crippen molar-refractivity contribution >= 4 is 5.69 Å². The Labute approximate surface area is 141 Å². The third kappa shape index (κ3) is 4.84. The van der Waals surface area contributed by atoms with Crippen molar-refractivity contribution in [3.8, 4) is 0 Å². The van der Waals surface area contributed by atoms with E-state index < -0.39 is 0 Å². The lowest BCUT2D eigenvalue weighted by Crippen LogP contribution is -2.43. The monoisotopic (exact) mass is 310 g/mol. The molecule has 2 aromatic rings. The first-order chi connectivity index (χ1) is 10.9. The third-order valence-electron chi connectivity index (χ3n) is 4.91. The molecular formula is C21H30N2. The zero-order chi connectivity index (χ0) is 16.9. The van der Waals surface area contributed by atoms with Crippen molar-refractivity contribution in [3.05, 3.63) is 65.7 Å². The Morgan fingerprint density at radius 1 is 0.783 bits per heavy atom. The van der Waals surface area contributed by atoms with Gasteiger partial charge in [0.15, 0.2) is 0 Å². The summed E-state index contributed by atoms with van der Waals surface area (Å²) in [6, 6.07) is 19.7. The molecule has 1 atom stereocenters. The highest BCUT2D eigenvalue weighted by molar-refractivity contribution is 5.46. The highest BCUT2D eigenvalue weighted by Crippen LogP contribution is 2.25. The first-order valence-corrected chi connectivity index (χ1v) is 8.38. The number of nitrogens with zero attached hydrogens (tertiary/aromatic N) is 2. The summed E-state index contributed by atoms with van der Waals surface area (Å²) in [6.45, 7) is 2.37. The molecule has 0 amide bonds. The van der Waals surface area contributed by atoms with Gasteiger partial charge in [-0.15, -0.1) is 0 Å². The SMILES string of the molecule is CN(C)c1ccc(CCC(C)(Cc2ccccc2)N(C)C)cc1. The number of anilines is 1. The fraction of sp³-hybridized carbons (Fsp3) is 0.429. The van der Waals surface area contributed by atoms with E-state index >= 15 is 0 Å². The number of aryl methyl sites for hydroxylation is 1. The van der Waals surface area contributed by atoms with Crippen LogP contribution in [0.5, 0.6) is 0 Å².